The number of likely N-dealkylation sites (tertiary alicyclic amines) is 1. The van der Waals surface area contributed by atoms with Gasteiger partial charge in [0, 0.05) is 44.5 Å². The Morgan fingerprint density at radius 2 is 1.74 bits per heavy atom. The number of nitrogens with zero attached hydrogens (tertiary/aromatic N) is 3. The van der Waals surface area contributed by atoms with E-state index in [1.54, 1.807) is 0 Å². The van der Waals surface area contributed by atoms with Gasteiger partial charge in [-0.25, -0.2) is 0 Å². The zero-order valence-corrected chi connectivity index (χ0v) is 19.9. The molecule has 2 aliphatic heterocycles. The predicted octanol–water partition coefficient (Wildman–Crippen LogP) is 5.33. The summed E-state index contributed by atoms with van der Waals surface area (Å²) in [4.78, 5) is 2.56. The summed E-state index contributed by atoms with van der Waals surface area (Å²) in [6.07, 6.45) is -0.472. The quantitative estimate of drug-likeness (QED) is 0.635. The second kappa shape index (κ2) is 9.46. The Bertz CT molecular complexity index is 1010. The molecule has 2 saturated heterocycles. The normalized spacial score (nSPS) is 26.1. The number of aryl methyl sites for hydroxylation is 2. The van der Waals surface area contributed by atoms with Crippen molar-refractivity contribution in [3.63, 3.8) is 0 Å². The molecule has 1 aliphatic carbocycles. The van der Waals surface area contributed by atoms with Crippen LogP contribution in [-0.4, -0.2) is 54.0 Å². The fourth-order valence-corrected chi connectivity index (χ4v) is 6.10. The molecule has 3 fully saturated rings. The number of alkyl halides is 3. The minimum atomic E-state index is -4.50. The number of ether oxygens (including phenoxy) is 1. The van der Waals surface area contributed by atoms with Crippen molar-refractivity contribution >= 4 is 5.82 Å². The van der Waals surface area contributed by atoms with Crippen LogP contribution in [-0.2, 0) is 10.9 Å². The molecule has 0 spiro atoms. The maximum atomic E-state index is 14.0. The lowest BCUT2D eigenvalue weighted by molar-refractivity contribution is -0.137. The summed E-state index contributed by atoms with van der Waals surface area (Å²) in [5.74, 6) is 1.63. The topological polar surface area (TPSA) is 50.3 Å². The average Bonchev–Trinajstić information content (AvgIpc) is 3.32. The van der Waals surface area contributed by atoms with Gasteiger partial charge < -0.3 is 15.0 Å². The van der Waals surface area contributed by atoms with Crippen molar-refractivity contribution in [3.8, 4) is 11.3 Å². The second-order valence-electron chi connectivity index (χ2n) is 10.4. The van der Waals surface area contributed by atoms with Crippen LogP contribution in [0.25, 0.3) is 11.3 Å². The van der Waals surface area contributed by atoms with Gasteiger partial charge in [0.15, 0.2) is 5.82 Å². The summed E-state index contributed by atoms with van der Waals surface area (Å²) in [5.41, 5.74) is 2.13. The van der Waals surface area contributed by atoms with Crippen molar-refractivity contribution in [1.29, 1.82) is 0 Å². The molecule has 184 valence electrons. The third-order valence-electron chi connectivity index (χ3n) is 7.78. The van der Waals surface area contributed by atoms with Crippen LogP contribution in [0.2, 0.25) is 0 Å². The van der Waals surface area contributed by atoms with E-state index in [1.807, 2.05) is 32.0 Å². The molecule has 1 aromatic heterocycles. The van der Waals surface area contributed by atoms with E-state index in [0.29, 0.717) is 23.3 Å². The zero-order chi connectivity index (χ0) is 23.9. The number of aromatic nitrogens is 2. The minimum absolute atomic E-state index is 0.00240. The van der Waals surface area contributed by atoms with Gasteiger partial charge in [-0.3, -0.25) is 0 Å². The highest BCUT2D eigenvalue weighted by Crippen LogP contribution is 2.42. The smallest absolute Gasteiger partial charge is 0.381 e. The first kappa shape index (κ1) is 23.5. The first-order chi connectivity index (χ1) is 16.3. The maximum absolute atomic E-state index is 14.0. The van der Waals surface area contributed by atoms with E-state index in [4.69, 9.17) is 4.74 Å². The third-order valence-corrected chi connectivity index (χ3v) is 7.78. The van der Waals surface area contributed by atoms with Gasteiger partial charge >= 0.3 is 6.18 Å². The van der Waals surface area contributed by atoms with Crippen LogP contribution in [0, 0.1) is 31.6 Å². The van der Waals surface area contributed by atoms with Crippen LogP contribution in [0.5, 0.6) is 0 Å². The number of halogens is 3. The van der Waals surface area contributed by atoms with Gasteiger partial charge in [-0.15, -0.1) is 10.2 Å². The molecule has 2 aromatic rings. The molecule has 1 saturated carbocycles. The monoisotopic (exact) mass is 474 g/mol. The van der Waals surface area contributed by atoms with Crippen molar-refractivity contribution < 1.29 is 17.9 Å². The maximum Gasteiger partial charge on any atom is 0.420 e. The lowest BCUT2D eigenvalue weighted by Crippen LogP contribution is -2.32. The summed E-state index contributed by atoms with van der Waals surface area (Å²) < 4.78 is 47.4. The Balaban J connectivity index is 1.26. The highest BCUT2D eigenvalue weighted by atomic mass is 19.4. The SMILES string of the molecule is Cc1ccc(-c2cc(C(F)(F)F)c(NC3C[C@@H]4CN(CC5CCOCC5)C[C@@H]4C3)nn2)c(C)c1. The van der Waals surface area contributed by atoms with Crippen molar-refractivity contribution in [2.45, 2.75) is 51.7 Å². The van der Waals surface area contributed by atoms with Crippen LogP contribution in [0.3, 0.4) is 0 Å². The number of anilines is 1. The van der Waals surface area contributed by atoms with E-state index in [-0.39, 0.29) is 17.6 Å². The third kappa shape index (κ3) is 5.08. The molecule has 3 heterocycles. The Hall–Kier alpha value is -2.19. The van der Waals surface area contributed by atoms with Gasteiger partial charge in [0.25, 0.3) is 0 Å². The molecule has 34 heavy (non-hydrogen) atoms. The van der Waals surface area contributed by atoms with Crippen LogP contribution < -0.4 is 5.32 Å². The van der Waals surface area contributed by atoms with Crippen LogP contribution in [0.1, 0.15) is 42.4 Å². The Morgan fingerprint density at radius 1 is 1.03 bits per heavy atom. The highest BCUT2D eigenvalue weighted by molar-refractivity contribution is 5.66. The number of hydrogen-bond acceptors (Lipinski definition) is 5. The average molecular weight is 475 g/mol. The molecular weight excluding hydrogens is 441 g/mol. The summed E-state index contributed by atoms with van der Waals surface area (Å²) in [6, 6.07) is 6.78. The first-order valence-electron chi connectivity index (χ1n) is 12.4. The Morgan fingerprint density at radius 3 is 2.38 bits per heavy atom. The van der Waals surface area contributed by atoms with Gasteiger partial charge in [0.2, 0.25) is 0 Å². The van der Waals surface area contributed by atoms with Crippen molar-refractivity contribution in [2.75, 3.05) is 38.2 Å². The van der Waals surface area contributed by atoms with Crippen molar-refractivity contribution in [2.24, 2.45) is 17.8 Å². The molecule has 3 aliphatic rings. The fourth-order valence-electron chi connectivity index (χ4n) is 6.10. The van der Waals surface area contributed by atoms with Gasteiger partial charge in [-0.1, -0.05) is 23.8 Å². The Kier molecular flexibility index (Phi) is 6.55. The van der Waals surface area contributed by atoms with Gasteiger partial charge in [-0.05, 0) is 68.9 Å². The van der Waals surface area contributed by atoms with Gasteiger partial charge in [-0.2, -0.15) is 13.2 Å². The molecule has 1 N–H and O–H groups in total. The van der Waals surface area contributed by atoms with Crippen LogP contribution in [0.4, 0.5) is 19.0 Å². The molecule has 5 rings (SSSR count). The van der Waals surface area contributed by atoms with Crippen LogP contribution in [0.15, 0.2) is 24.3 Å². The summed E-state index contributed by atoms with van der Waals surface area (Å²) in [7, 11) is 0. The standard InChI is InChI=1S/C26H33F3N4O/c1-16-3-4-22(17(2)9-16)24-12-23(26(27,28)29)25(32-31-24)30-21-10-19-14-33(15-20(19)11-21)13-18-5-7-34-8-6-18/h3-4,9,12,18-21H,5-8,10-11,13-15H2,1-2H3,(H,30,32)/t19-,20+,21?. The van der Waals surface area contributed by atoms with Gasteiger partial charge in [0.05, 0.1) is 5.69 Å². The first-order valence-corrected chi connectivity index (χ1v) is 12.4. The molecule has 5 nitrogen and oxygen atoms in total. The second-order valence-corrected chi connectivity index (χ2v) is 10.4. The van der Waals surface area contributed by atoms with Crippen molar-refractivity contribution in [3.05, 3.63) is 41.0 Å². The van der Waals surface area contributed by atoms with E-state index >= 15 is 0 Å². The van der Waals surface area contributed by atoms with Crippen LogP contribution >= 0.6 is 0 Å². The van der Waals surface area contributed by atoms with E-state index in [1.165, 1.54) is 0 Å². The lowest BCUT2D eigenvalue weighted by atomic mass is 10.00. The van der Waals surface area contributed by atoms with E-state index in [2.05, 4.69) is 20.4 Å². The van der Waals surface area contributed by atoms with Crippen molar-refractivity contribution in [1.82, 2.24) is 15.1 Å². The van der Waals surface area contributed by atoms with E-state index in [0.717, 1.165) is 75.7 Å². The summed E-state index contributed by atoms with van der Waals surface area (Å²) in [5, 5.41) is 11.3. The molecule has 1 aromatic carbocycles. The Labute approximate surface area is 199 Å². The zero-order valence-electron chi connectivity index (χ0n) is 19.9. The number of hydrogen-bond donors (Lipinski definition) is 1. The highest BCUT2D eigenvalue weighted by Gasteiger charge is 2.43. The molecule has 3 atom stereocenters. The molecule has 8 heteroatoms. The predicted molar refractivity (Wildman–Crippen MR) is 126 cm³/mol. The fraction of sp³-hybridized carbons (Fsp3) is 0.615. The van der Waals surface area contributed by atoms with E-state index < -0.39 is 11.7 Å². The lowest BCUT2D eigenvalue weighted by Gasteiger charge is -2.28. The minimum Gasteiger partial charge on any atom is -0.381 e. The van der Waals surface area contributed by atoms with Gasteiger partial charge in [0.1, 0.15) is 5.56 Å². The number of fused-ring (bicyclic) bond motifs is 1. The summed E-state index contributed by atoms with van der Waals surface area (Å²) in [6.45, 7) is 8.78. The molecule has 0 radical (unpaired) electrons. The summed E-state index contributed by atoms with van der Waals surface area (Å²) >= 11 is 0. The molecular formula is C26H33F3N4O. The largest absolute Gasteiger partial charge is 0.420 e. The molecule has 1 unspecified atom stereocenters. The number of nitrogens with one attached hydrogen (secondary N) is 1. The number of benzene rings is 1. The van der Waals surface area contributed by atoms with E-state index in [9.17, 15) is 13.2 Å². The molecule has 0 amide bonds. The molecule has 0 bridgehead atoms. The number of rotatable bonds is 5.